The Labute approximate surface area is 163 Å². The fourth-order valence-electron chi connectivity index (χ4n) is 3.58. The summed E-state index contributed by atoms with van der Waals surface area (Å²) in [7, 11) is 0. The highest BCUT2D eigenvalue weighted by Gasteiger charge is 2.18. The molecular formula is C21H23ClN4O. The van der Waals surface area contributed by atoms with Gasteiger partial charge in [-0.3, -0.25) is 14.6 Å². The molecule has 5 nitrogen and oxygen atoms in total. The molecule has 0 aliphatic carbocycles. The van der Waals surface area contributed by atoms with E-state index in [2.05, 4.69) is 51.0 Å². The van der Waals surface area contributed by atoms with Gasteiger partial charge in [0, 0.05) is 37.7 Å². The fraction of sp³-hybridized carbons (Fsp3) is 0.333. The van der Waals surface area contributed by atoms with Gasteiger partial charge in [-0.1, -0.05) is 35.9 Å². The van der Waals surface area contributed by atoms with Crippen LogP contribution >= 0.6 is 11.6 Å². The third-order valence-electron chi connectivity index (χ3n) is 5.21. The molecule has 0 saturated carbocycles. The minimum atomic E-state index is -0.129. The number of piperazine rings is 1. The molecule has 0 bridgehead atoms. The normalized spacial score (nSPS) is 16.1. The topological polar surface area (TPSA) is 52.2 Å². The zero-order valence-electron chi connectivity index (χ0n) is 15.4. The van der Waals surface area contributed by atoms with E-state index in [1.54, 1.807) is 18.2 Å². The zero-order chi connectivity index (χ0) is 18.8. The van der Waals surface area contributed by atoms with Crippen molar-refractivity contribution < 1.29 is 0 Å². The first-order valence-corrected chi connectivity index (χ1v) is 9.64. The van der Waals surface area contributed by atoms with Crippen LogP contribution in [0.1, 0.15) is 17.0 Å². The largest absolute Gasteiger partial charge is 0.309 e. The molecule has 140 valence electrons. The molecule has 4 rings (SSSR count). The predicted octanol–water partition coefficient (Wildman–Crippen LogP) is 3.20. The van der Waals surface area contributed by atoms with Crippen LogP contribution in [0.25, 0.3) is 10.9 Å². The van der Waals surface area contributed by atoms with Gasteiger partial charge in [0.25, 0.3) is 5.56 Å². The standard InChI is InChI=1S/C21H23ClN4O/c1-15-4-2-3-5-16(15)13-25-8-10-26(11-9-25)14-20-23-19-7-6-17(22)12-18(19)21(27)24-20/h2-7,12H,8-11,13-14H2,1H3,(H,23,24,27). The van der Waals surface area contributed by atoms with Crippen LogP contribution in [0, 0.1) is 6.92 Å². The summed E-state index contributed by atoms with van der Waals surface area (Å²) in [6.07, 6.45) is 0. The van der Waals surface area contributed by atoms with E-state index in [9.17, 15) is 4.79 Å². The van der Waals surface area contributed by atoms with E-state index >= 15 is 0 Å². The molecule has 1 aliphatic rings. The lowest BCUT2D eigenvalue weighted by Gasteiger charge is -2.34. The second-order valence-electron chi connectivity index (χ2n) is 7.15. The number of H-pyrrole nitrogens is 1. The molecule has 1 saturated heterocycles. The Balaban J connectivity index is 1.39. The Morgan fingerprint density at radius 3 is 2.48 bits per heavy atom. The molecule has 3 aromatic rings. The average molecular weight is 383 g/mol. The van der Waals surface area contributed by atoms with Gasteiger partial charge in [0.1, 0.15) is 5.82 Å². The molecule has 27 heavy (non-hydrogen) atoms. The second kappa shape index (κ2) is 7.80. The summed E-state index contributed by atoms with van der Waals surface area (Å²) in [4.78, 5) is 24.6. The van der Waals surface area contributed by atoms with Crippen LogP contribution < -0.4 is 5.56 Å². The van der Waals surface area contributed by atoms with Gasteiger partial charge < -0.3 is 4.98 Å². The van der Waals surface area contributed by atoms with Crippen LogP contribution in [0.4, 0.5) is 0 Å². The third-order valence-corrected chi connectivity index (χ3v) is 5.45. The first-order valence-electron chi connectivity index (χ1n) is 9.26. The molecule has 1 aliphatic heterocycles. The van der Waals surface area contributed by atoms with Crippen LogP contribution in [0.5, 0.6) is 0 Å². The van der Waals surface area contributed by atoms with E-state index in [1.807, 2.05) is 0 Å². The summed E-state index contributed by atoms with van der Waals surface area (Å²) in [5.41, 5.74) is 3.30. The van der Waals surface area contributed by atoms with Gasteiger partial charge in [-0.25, -0.2) is 4.98 Å². The van der Waals surface area contributed by atoms with Crippen LogP contribution in [-0.2, 0) is 13.1 Å². The zero-order valence-corrected chi connectivity index (χ0v) is 16.2. The molecule has 6 heteroatoms. The Bertz CT molecular complexity index is 1010. The maximum absolute atomic E-state index is 12.3. The van der Waals surface area contributed by atoms with E-state index in [0.717, 1.165) is 32.7 Å². The van der Waals surface area contributed by atoms with Gasteiger partial charge in [0.2, 0.25) is 0 Å². The van der Waals surface area contributed by atoms with E-state index < -0.39 is 0 Å². The highest BCUT2D eigenvalue weighted by atomic mass is 35.5. The number of rotatable bonds is 4. The van der Waals surface area contributed by atoms with E-state index in [-0.39, 0.29) is 5.56 Å². The maximum Gasteiger partial charge on any atom is 0.258 e. The smallest absolute Gasteiger partial charge is 0.258 e. The van der Waals surface area contributed by atoms with Crippen LogP contribution in [0.3, 0.4) is 0 Å². The van der Waals surface area contributed by atoms with Crippen molar-refractivity contribution in [1.82, 2.24) is 19.8 Å². The van der Waals surface area contributed by atoms with Crippen LogP contribution in [0.2, 0.25) is 5.02 Å². The molecule has 0 radical (unpaired) electrons. The summed E-state index contributed by atoms with van der Waals surface area (Å²) in [6, 6.07) is 13.8. The number of fused-ring (bicyclic) bond motifs is 1. The van der Waals surface area contributed by atoms with Crippen molar-refractivity contribution in [2.24, 2.45) is 0 Å². The number of halogens is 1. The lowest BCUT2D eigenvalue weighted by molar-refractivity contribution is 0.120. The van der Waals surface area contributed by atoms with Crippen LogP contribution in [-0.4, -0.2) is 45.9 Å². The monoisotopic (exact) mass is 382 g/mol. The molecule has 1 aromatic heterocycles. The first kappa shape index (κ1) is 18.2. The Morgan fingerprint density at radius 1 is 1.04 bits per heavy atom. The van der Waals surface area contributed by atoms with Crippen molar-refractivity contribution in [2.45, 2.75) is 20.0 Å². The molecule has 1 fully saturated rings. The molecule has 2 aromatic carbocycles. The minimum Gasteiger partial charge on any atom is -0.309 e. The van der Waals surface area contributed by atoms with Gasteiger partial charge in [-0.15, -0.1) is 0 Å². The number of benzene rings is 2. The number of hydrogen-bond donors (Lipinski definition) is 1. The van der Waals surface area contributed by atoms with Crippen molar-refractivity contribution >= 4 is 22.5 Å². The molecule has 1 N–H and O–H groups in total. The second-order valence-corrected chi connectivity index (χ2v) is 7.59. The predicted molar refractivity (Wildman–Crippen MR) is 109 cm³/mol. The minimum absolute atomic E-state index is 0.129. The Morgan fingerprint density at radius 2 is 1.74 bits per heavy atom. The van der Waals surface area contributed by atoms with E-state index in [4.69, 9.17) is 11.6 Å². The quantitative estimate of drug-likeness (QED) is 0.752. The lowest BCUT2D eigenvalue weighted by atomic mass is 10.1. The summed E-state index contributed by atoms with van der Waals surface area (Å²) in [6.45, 7) is 7.78. The van der Waals surface area contributed by atoms with E-state index in [1.165, 1.54) is 11.1 Å². The average Bonchev–Trinajstić information content (AvgIpc) is 2.66. The number of aromatic amines is 1. The van der Waals surface area contributed by atoms with Gasteiger partial charge in [-0.05, 0) is 36.2 Å². The SMILES string of the molecule is Cc1ccccc1CN1CCN(Cc2nc3ccc(Cl)cc3c(=O)[nH]2)CC1. The maximum atomic E-state index is 12.3. The fourth-order valence-corrected chi connectivity index (χ4v) is 3.75. The number of aryl methyl sites for hydroxylation is 1. The summed E-state index contributed by atoms with van der Waals surface area (Å²) < 4.78 is 0. The molecular weight excluding hydrogens is 360 g/mol. The molecule has 0 atom stereocenters. The van der Waals surface area contributed by atoms with Crippen molar-refractivity contribution in [3.63, 3.8) is 0 Å². The number of nitrogens with one attached hydrogen (secondary N) is 1. The Hall–Kier alpha value is -2.21. The molecule has 0 amide bonds. The third kappa shape index (κ3) is 4.21. The number of hydrogen-bond acceptors (Lipinski definition) is 4. The summed E-state index contributed by atoms with van der Waals surface area (Å²) in [5.74, 6) is 0.710. The van der Waals surface area contributed by atoms with Gasteiger partial charge >= 0.3 is 0 Å². The van der Waals surface area contributed by atoms with E-state index in [0.29, 0.717) is 28.3 Å². The van der Waals surface area contributed by atoms with Gasteiger partial charge in [-0.2, -0.15) is 0 Å². The lowest BCUT2D eigenvalue weighted by Crippen LogP contribution is -2.45. The van der Waals surface area contributed by atoms with Gasteiger partial charge in [0.05, 0.1) is 17.4 Å². The summed E-state index contributed by atoms with van der Waals surface area (Å²) >= 11 is 5.97. The van der Waals surface area contributed by atoms with Crippen molar-refractivity contribution in [2.75, 3.05) is 26.2 Å². The van der Waals surface area contributed by atoms with Crippen molar-refractivity contribution in [3.8, 4) is 0 Å². The van der Waals surface area contributed by atoms with Crippen molar-refractivity contribution in [1.29, 1.82) is 0 Å². The first-order chi connectivity index (χ1) is 13.1. The van der Waals surface area contributed by atoms with Crippen molar-refractivity contribution in [3.05, 3.63) is 74.8 Å². The Kier molecular flexibility index (Phi) is 5.25. The van der Waals surface area contributed by atoms with Gasteiger partial charge in [0.15, 0.2) is 0 Å². The molecule has 0 spiro atoms. The highest BCUT2D eigenvalue weighted by molar-refractivity contribution is 6.31. The number of nitrogens with zero attached hydrogens (tertiary/aromatic N) is 3. The number of aromatic nitrogens is 2. The molecule has 0 unspecified atom stereocenters. The highest BCUT2D eigenvalue weighted by Crippen LogP contribution is 2.16. The van der Waals surface area contributed by atoms with Crippen LogP contribution in [0.15, 0.2) is 47.3 Å². The molecule has 2 heterocycles. The summed E-state index contributed by atoms with van der Waals surface area (Å²) in [5, 5.41) is 1.08.